The fourth-order valence-electron chi connectivity index (χ4n) is 4.92. The highest BCUT2D eigenvalue weighted by atomic mass is 19.4. The summed E-state index contributed by atoms with van der Waals surface area (Å²) in [5.41, 5.74) is 11.9. The Hall–Kier alpha value is -4.07. The van der Waals surface area contributed by atoms with E-state index in [1.165, 1.54) is 4.57 Å². The van der Waals surface area contributed by atoms with Gasteiger partial charge in [0.05, 0.1) is 5.57 Å². The van der Waals surface area contributed by atoms with Crippen LogP contribution >= 0.6 is 0 Å². The number of nitrogens with two attached hydrogens (primary N) is 2. The van der Waals surface area contributed by atoms with Gasteiger partial charge in [0.1, 0.15) is 17.3 Å². The molecule has 0 saturated carbocycles. The maximum Gasteiger partial charge on any atom is 0.434 e. The van der Waals surface area contributed by atoms with Gasteiger partial charge in [0.25, 0.3) is 5.91 Å². The maximum absolute atomic E-state index is 14.2. The van der Waals surface area contributed by atoms with Crippen LogP contribution in [0.1, 0.15) is 58.6 Å². The number of imidazole rings is 1. The zero-order chi connectivity index (χ0) is 25.8. The van der Waals surface area contributed by atoms with E-state index in [2.05, 4.69) is 9.97 Å². The molecular formula is C24H23F3N6O2. The van der Waals surface area contributed by atoms with E-state index in [0.29, 0.717) is 12.0 Å². The molecule has 4 rings (SSSR count). The van der Waals surface area contributed by atoms with Crippen LogP contribution < -0.4 is 11.5 Å². The summed E-state index contributed by atoms with van der Waals surface area (Å²) < 4.78 is 43.9. The molecule has 1 unspecified atom stereocenters. The number of rotatable bonds is 5. The molecule has 3 aromatic rings. The first kappa shape index (κ1) is 24.1. The SMILES string of the molecule is CCn1c(C#N)nc2c3c(c(C(F)(F)F)nc21)C(C(N)=O)=C(N)C3CCc1c(C)ccc(O)c1C. The molecule has 0 aliphatic heterocycles. The summed E-state index contributed by atoms with van der Waals surface area (Å²) in [5.74, 6) is -1.92. The van der Waals surface area contributed by atoms with Crippen molar-refractivity contribution in [3.05, 3.63) is 57.2 Å². The number of halogens is 3. The van der Waals surface area contributed by atoms with Crippen molar-refractivity contribution in [1.29, 1.82) is 5.26 Å². The summed E-state index contributed by atoms with van der Waals surface area (Å²) in [4.78, 5) is 20.4. The average molecular weight is 484 g/mol. The standard InChI is InChI=1S/C24H23F3N6O2/c1-4-33-15(9-28)31-20-16-13(7-6-12-10(2)5-8-14(34)11(12)3)19(29)18(22(30)35)17(16)21(24(25,26)27)32-23(20)33/h5,8,13,34H,4,6-7,29H2,1-3H3,(H2,30,35). The number of aromatic hydroxyl groups is 1. The molecule has 0 fully saturated rings. The van der Waals surface area contributed by atoms with Crippen LogP contribution in [0.5, 0.6) is 5.75 Å². The Bertz CT molecular complexity index is 1460. The molecule has 35 heavy (non-hydrogen) atoms. The summed E-state index contributed by atoms with van der Waals surface area (Å²) >= 11 is 0. The van der Waals surface area contributed by atoms with Crippen LogP contribution in [-0.4, -0.2) is 25.5 Å². The first-order valence-electron chi connectivity index (χ1n) is 10.9. The Morgan fingerprint density at radius 1 is 1.29 bits per heavy atom. The van der Waals surface area contributed by atoms with Crippen molar-refractivity contribution in [1.82, 2.24) is 14.5 Å². The van der Waals surface area contributed by atoms with E-state index in [-0.39, 0.29) is 47.0 Å². The van der Waals surface area contributed by atoms with Crippen molar-refractivity contribution in [2.45, 2.75) is 52.3 Å². The second kappa shape index (κ2) is 8.30. The summed E-state index contributed by atoms with van der Waals surface area (Å²) in [6.07, 6.45) is -4.34. The monoisotopic (exact) mass is 484 g/mol. The molecule has 1 aliphatic carbocycles. The Kier molecular flexibility index (Phi) is 5.71. The van der Waals surface area contributed by atoms with Crippen molar-refractivity contribution >= 4 is 22.6 Å². The topological polar surface area (TPSA) is 144 Å². The van der Waals surface area contributed by atoms with Gasteiger partial charge in [0.2, 0.25) is 5.82 Å². The van der Waals surface area contributed by atoms with Crippen LogP contribution in [0.3, 0.4) is 0 Å². The second-order valence-corrected chi connectivity index (χ2v) is 8.50. The third-order valence-corrected chi connectivity index (χ3v) is 6.60. The summed E-state index contributed by atoms with van der Waals surface area (Å²) in [6, 6.07) is 5.21. The number of carbonyl (C=O) groups excluding carboxylic acids is 1. The van der Waals surface area contributed by atoms with E-state index in [0.717, 1.165) is 11.1 Å². The molecule has 1 aromatic carbocycles. The van der Waals surface area contributed by atoms with Crippen LogP contribution in [0.25, 0.3) is 16.7 Å². The number of allylic oxidation sites excluding steroid dienone is 1. The number of aryl methyl sites for hydroxylation is 2. The molecule has 1 aliphatic rings. The number of pyridine rings is 1. The van der Waals surface area contributed by atoms with E-state index >= 15 is 0 Å². The third kappa shape index (κ3) is 3.65. The lowest BCUT2D eigenvalue weighted by Gasteiger charge is -2.18. The number of amides is 1. The summed E-state index contributed by atoms with van der Waals surface area (Å²) in [5, 5.41) is 19.6. The number of aromatic nitrogens is 3. The lowest BCUT2D eigenvalue weighted by Crippen LogP contribution is -2.20. The van der Waals surface area contributed by atoms with E-state index in [4.69, 9.17) is 11.5 Å². The van der Waals surface area contributed by atoms with E-state index < -0.39 is 34.8 Å². The zero-order valence-electron chi connectivity index (χ0n) is 19.3. The second-order valence-electron chi connectivity index (χ2n) is 8.50. The molecule has 0 bridgehead atoms. The molecule has 0 radical (unpaired) electrons. The van der Waals surface area contributed by atoms with Gasteiger partial charge in [-0.05, 0) is 56.4 Å². The predicted molar refractivity (Wildman–Crippen MR) is 122 cm³/mol. The number of fused-ring (bicyclic) bond motifs is 3. The number of nitriles is 1. The predicted octanol–water partition coefficient (Wildman–Crippen LogP) is 3.55. The van der Waals surface area contributed by atoms with Crippen LogP contribution in [0, 0.1) is 25.2 Å². The van der Waals surface area contributed by atoms with Gasteiger partial charge in [-0.15, -0.1) is 0 Å². The molecular weight excluding hydrogens is 461 g/mol. The molecule has 2 aromatic heterocycles. The van der Waals surface area contributed by atoms with Crippen molar-refractivity contribution in [2.24, 2.45) is 11.5 Å². The molecule has 1 atom stereocenters. The number of benzene rings is 1. The normalized spacial score (nSPS) is 15.5. The number of hydrogen-bond donors (Lipinski definition) is 3. The number of phenols is 1. The smallest absolute Gasteiger partial charge is 0.434 e. The van der Waals surface area contributed by atoms with Crippen LogP contribution in [0.15, 0.2) is 17.8 Å². The number of alkyl halides is 3. The van der Waals surface area contributed by atoms with Crippen molar-refractivity contribution in [2.75, 3.05) is 0 Å². The highest BCUT2D eigenvalue weighted by molar-refractivity contribution is 6.22. The molecule has 8 nitrogen and oxygen atoms in total. The van der Waals surface area contributed by atoms with Crippen LogP contribution in [0.2, 0.25) is 0 Å². The van der Waals surface area contributed by atoms with Crippen molar-refractivity contribution < 1.29 is 23.1 Å². The summed E-state index contributed by atoms with van der Waals surface area (Å²) in [7, 11) is 0. The Morgan fingerprint density at radius 2 is 1.97 bits per heavy atom. The van der Waals surface area contributed by atoms with Gasteiger partial charge in [-0.2, -0.15) is 18.4 Å². The molecule has 11 heteroatoms. The fourth-order valence-corrected chi connectivity index (χ4v) is 4.92. The molecule has 0 spiro atoms. The minimum atomic E-state index is -4.91. The molecule has 0 saturated heterocycles. The van der Waals surface area contributed by atoms with E-state index in [9.17, 15) is 28.3 Å². The minimum Gasteiger partial charge on any atom is -0.508 e. The number of nitrogens with zero attached hydrogens (tertiary/aromatic N) is 4. The van der Waals surface area contributed by atoms with Gasteiger partial charge in [-0.1, -0.05) is 6.07 Å². The summed E-state index contributed by atoms with van der Waals surface area (Å²) in [6.45, 7) is 5.45. The Labute approximate surface area is 198 Å². The van der Waals surface area contributed by atoms with Crippen LogP contribution in [-0.2, 0) is 23.9 Å². The molecule has 5 N–H and O–H groups in total. The number of hydrogen-bond acceptors (Lipinski definition) is 6. The zero-order valence-corrected chi connectivity index (χ0v) is 19.3. The van der Waals surface area contributed by atoms with E-state index in [1.54, 1.807) is 26.0 Å². The lowest BCUT2D eigenvalue weighted by atomic mass is 9.89. The number of primary amides is 1. The number of phenolic OH excluding ortho intramolecular Hbond substituents is 1. The van der Waals surface area contributed by atoms with Gasteiger partial charge in [0.15, 0.2) is 11.3 Å². The first-order valence-corrected chi connectivity index (χ1v) is 10.9. The fraction of sp³-hybridized carbons (Fsp3) is 0.333. The largest absolute Gasteiger partial charge is 0.508 e. The van der Waals surface area contributed by atoms with Gasteiger partial charge in [-0.25, -0.2) is 9.97 Å². The highest BCUT2D eigenvalue weighted by Crippen LogP contribution is 2.49. The third-order valence-electron chi connectivity index (χ3n) is 6.60. The van der Waals surface area contributed by atoms with Gasteiger partial charge >= 0.3 is 6.18 Å². The number of carbonyl (C=O) groups is 1. The maximum atomic E-state index is 14.2. The van der Waals surface area contributed by atoms with Gasteiger partial charge in [-0.3, -0.25) is 4.79 Å². The van der Waals surface area contributed by atoms with Crippen molar-refractivity contribution in [3.63, 3.8) is 0 Å². The van der Waals surface area contributed by atoms with Gasteiger partial charge < -0.3 is 21.1 Å². The minimum absolute atomic E-state index is 0.0833. The Balaban J connectivity index is 2.00. The first-order chi connectivity index (χ1) is 16.4. The molecule has 1 amide bonds. The highest BCUT2D eigenvalue weighted by Gasteiger charge is 2.45. The van der Waals surface area contributed by atoms with Crippen LogP contribution in [0.4, 0.5) is 13.2 Å². The average Bonchev–Trinajstić information content (AvgIpc) is 3.29. The quantitative estimate of drug-likeness (QED) is 0.505. The molecule has 182 valence electrons. The van der Waals surface area contributed by atoms with Crippen molar-refractivity contribution in [3.8, 4) is 11.8 Å². The Morgan fingerprint density at radius 3 is 2.54 bits per heavy atom. The van der Waals surface area contributed by atoms with E-state index in [1.807, 2.05) is 13.0 Å². The molecule has 2 heterocycles. The van der Waals surface area contributed by atoms with Gasteiger partial charge in [0, 0.05) is 29.3 Å². The lowest BCUT2D eigenvalue weighted by molar-refractivity contribution is -0.141.